The highest BCUT2D eigenvalue weighted by Gasteiger charge is 2.36. The zero-order valence-corrected chi connectivity index (χ0v) is 23.9. The molecule has 0 N–H and O–H groups in total. The maximum absolute atomic E-state index is 15.9. The van der Waals surface area contributed by atoms with Gasteiger partial charge in [-0.1, -0.05) is 25.6 Å². The predicted molar refractivity (Wildman–Crippen MR) is 154 cm³/mol. The SMILES string of the molecule is C=CC(=O)N1CC(C)N(c2nc(=O)n3c4nc(c(F)cc24)-c2cn(nn2)CCOc2ccnc(C(C)C)c2-3)CC1CC#N. The van der Waals surface area contributed by atoms with E-state index in [-0.39, 0.29) is 72.2 Å². The van der Waals surface area contributed by atoms with Crippen LogP contribution in [0.1, 0.15) is 38.8 Å². The molecule has 4 aromatic rings. The largest absolute Gasteiger partial charge is 0.489 e. The second-order valence-corrected chi connectivity index (χ2v) is 10.9. The van der Waals surface area contributed by atoms with Crippen LogP contribution in [-0.4, -0.2) is 77.1 Å². The summed E-state index contributed by atoms with van der Waals surface area (Å²) in [6, 6.07) is 4.26. The van der Waals surface area contributed by atoms with E-state index in [1.165, 1.54) is 16.7 Å². The molecule has 0 radical (unpaired) electrons. The molecule has 1 fully saturated rings. The van der Waals surface area contributed by atoms with Gasteiger partial charge in [0.15, 0.2) is 11.5 Å². The van der Waals surface area contributed by atoms with Crippen molar-refractivity contribution in [1.29, 1.82) is 5.26 Å². The number of aromatic nitrogens is 7. The van der Waals surface area contributed by atoms with Gasteiger partial charge in [-0.05, 0) is 25.0 Å². The molecule has 4 bridgehead atoms. The lowest BCUT2D eigenvalue weighted by Gasteiger charge is -2.45. The quantitative estimate of drug-likeness (QED) is 0.328. The van der Waals surface area contributed by atoms with E-state index in [4.69, 9.17) is 4.74 Å². The summed E-state index contributed by atoms with van der Waals surface area (Å²) in [6.07, 6.45) is 4.46. The molecule has 220 valence electrons. The van der Waals surface area contributed by atoms with Crippen molar-refractivity contribution in [3.05, 3.63) is 59.2 Å². The summed E-state index contributed by atoms with van der Waals surface area (Å²) >= 11 is 0. The Bertz CT molecular complexity index is 1860. The number of halogens is 1. The third-order valence-corrected chi connectivity index (χ3v) is 7.74. The van der Waals surface area contributed by atoms with Crippen molar-refractivity contribution < 1.29 is 13.9 Å². The summed E-state index contributed by atoms with van der Waals surface area (Å²) in [5.41, 5.74) is 0.553. The van der Waals surface area contributed by atoms with Gasteiger partial charge in [0, 0.05) is 31.4 Å². The van der Waals surface area contributed by atoms with Gasteiger partial charge in [0.1, 0.15) is 35.2 Å². The number of rotatable bonds is 4. The molecule has 0 saturated carbocycles. The van der Waals surface area contributed by atoms with E-state index in [2.05, 4.69) is 37.9 Å². The minimum atomic E-state index is -0.668. The number of hydrogen-bond donors (Lipinski definition) is 0. The highest BCUT2D eigenvalue weighted by Crippen LogP contribution is 2.36. The number of carbonyl (C=O) groups excluding carboxylic acids is 1. The number of carbonyl (C=O) groups is 1. The van der Waals surface area contributed by atoms with E-state index in [1.807, 2.05) is 25.7 Å². The molecule has 13 nitrogen and oxygen atoms in total. The van der Waals surface area contributed by atoms with E-state index in [1.54, 1.807) is 28.0 Å². The smallest absolute Gasteiger partial charge is 0.356 e. The number of ether oxygens (including phenoxy) is 1. The number of fused-ring (bicyclic) bond motifs is 6. The van der Waals surface area contributed by atoms with Crippen LogP contribution in [0.4, 0.5) is 10.2 Å². The normalized spacial score (nSPS) is 18.0. The van der Waals surface area contributed by atoms with Crippen molar-refractivity contribution in [3.8, 4) is 28.9 Å². The second kappa shape index (κ2) is 10.9. The van der Waals surface area contributed by atoms with Crippen molar-refractivity contribution in [2.24, 2.45) is 0 Å². The number of hydrogen-bond acceptors (Lipinski definition) is 10. The minimum Gasteiger partial charge on any atom is -0.489 e. The molecule has 0 aromatic carbocycles. The fourth-order valence-corrected chi connectivity index (χ4v) is 5.69. The third kappa shape index (κ3) is 4.76. The van der Waals surface area contributed by atoms with Gasteiger partial charge in [-0.15, -0.1) is 5.10 Å². The molecule has 6 heterocycles. The third-order valence-electron chi connectivity index (χ3n) is 7.74. The molecule has 43 heavy (non-hydrogen) atoms. The average Bonchev–Trinajstić information content (AvgIpc) is 3.45. The van der Waals surface area contributed by atoms with Gasteiger partial charge in [-0.2, -0.15) is 10.2 Å². The van der Waals surface area contributed by atoms with E-state index >= 15 is 4.39 Å². The van der Waals surface area contributed by atoms with Crippen molar-refractivity contribution in [2.75, 3.05) is 24.6 Å². The van der Waals surface area contributed by atoms with Crippen LogP contribution in [0.2, 0.25) is 0 Å². The highest BCUT2D eigenvalue weighted by molar-refractivity contribution is 5.91. The second-order valence-electron chi connectivity index (χ2n) is 10.9. The number of pyridine rings is 2. The molecule has 0 spiro atoms. The summed E-state index contributed by atoms with van der Waals surface area (Å²) < 4.78 is 24.9. The first kappa shape index (κ1) is 28.0. The molecule has 6 rings (SSSR count). The Balaban J connectivity index is 1.64. The molecule has 2 aliphatic heterocycles. The van der Waals surface area contributed by atoms with Crippen LogP contribution in [0, 0.1) is 17.1 Å². The van der Waals surface area contributed by atoms with Gasteiger partial charge in [0.05, 0.1) is 42.4 Å². The van der Waals surface area contributed by atoms with E-state index in [0.717, 1.165) is 0 Å². The molecule has 2 unspecified atom stereocenters. The molecular formula is C29H29FN10O3. The zero-order valence-electron chi connectivity index (χ0n) is 23.9. The van der Waals surface area contributed by atoms with Gasteiger partial charge in [-0.25, -0.2) is 23.4 Å². The number of anilines is 1. The Morgan fingerprint density at radius 2 is 2.14 bits per heavy atom. The summed E-state index contributed by atoms with van der Waals surface area (Å²) in [7, 11) is 0. The van der Waals surface area contributed by atoms with Crippen LogP contribution in [0.3, 0.4) is 0 Å². The topological polar surface area (TPSA) is 148 Å². The Morgan fingerprint density at radius 3 is 2.88 bits per heavy atom. The summed E-state index contributed by atoms with van der Waals surface area (Å²) in [6.45, 7) is 10.3. The Hall–Kier alpha value is -5.19. The lowest BCUT2D eigenvalue weighted by molar-refractivity contribution is -0.129. The first-order valence-electron chi connectivity index (χ1n) is 13.9. The molecule has 14 heteroatoms. The van der Waals surface area contributed by atoms with Crippen LogP contribution in [-0.2, 0) is 11.3 Å². The highest BCUT2D eigenvalue weighted by atomic mass is 19.1. The number of nitrogens with zero attached hydrogens (tertiary/aromatic N) is 10. The average molecular weight is 585 g/mol. The molecular weight excluding hydrogens is 555 g/mol. The fraction of sp³-hybridized carbons (Fsp3) is 0.379. The van der Waals surface area contributed by atoms with E-state index in [9.17, 15) is 14.9 Å². The van der Waals surface area contributed by atoms with Crippen molar-refractivity contribution in [1.82, 2.24) is 39.4 Å². The molecule has 0 aliphatic carbocycles. The molecule has 4 aromatic heterocycles. The van der Waals surface area contributed by atoms with Gasteiger partial charge >= 0.3 is 5.69 Å². The Labute approximate surface area is 245 Å². The summed E-state index contributed by atoms with van der Waals surface area (Å²) in [4.78, 5) is 43.8. The first-order valence-corrected chi connectivity index (χ1v) is 13.9. The molecule has 2 aliphatic rings. The zero-order chi connectivity index (χ0) is 30.4. The molecule has 1 saturated heterocycles. The van der Waals surface area contributed by atoms with Gasteiger partial charge in [-0.3, -0.25) is 9.78 Å². The monoisotopic (exact) mass is 584 g/mol. The fourth-order valence-electron chi connectivity index (χ4n) is 5.69. The standard InChI is InChI=1S/C29H29FN10O3/c1-5-23(41)39-13-17(4)38(14-18(39)6-8-31)27-19-12-20(30)25-21-15-37(36-35-21)10-11-43-22-7-9-32-24(16(2)3)26(22)40(28(19)33-25)29(42)34-27/h5,7,9,12,15-18H,1,6,10-11,13-14H2,2-4H3. The maximum Gasteiger partial charge on any atom is 0.356 e. The van der Waals surface area contributed by atoms with Gasteiger partial charge < -0.3 is 14.5 Å². The van der Waals surface area contributed by atoms with Crippen molar-refractivity contribution in [3.63, 3.8) is 0 Å². The Morgan fingerprint density at radius 1 is 1.33 bits per heavy atom. The van der Waals surface area contributed by atoms with E-state index in [0.29, 0.717) is 23.7 Å². The first-order chi connectivity index (χ1) is 20.7. The number of amides is 1. The number of nitriles is 1. The van der Waals surface area contributed by atoms with E-state index < -0.39 is 17.5 Å². The van der Waals surface area contributed by atoms with Crippen molar-refractivity contribution >= 4 is 22.8 Å². The van der Waals surface area contributed by atoms with Crippen LogP contribution in [0.5, 0.6) is 5.75 Å². The van der Waals surface area contributed by atoms with Crippen LogP contribution in [0.15, 0.2) is 42.0 Å². The lowest BCUT2D eigenvalue weighted by atomic mass is 10.0. The van der Waals surface area contributed by atoms with Gasteiger partial charge in [0.2, 0.25) is 5.91 Å². The Kier molecular flexibility index (Phi) is 7.09. The summed E-state index contributed by atoms with van der Waals surface area (Å²) in [5.74, 6) is -0.480. The van der Waals surface area contributed by atoms with Crippen LogP contribution >= 0.6 is 0 Å². The number of piperazine rings is 1. The summed E-state index contributed by atoms with van der Waals surface area (Å²) in [5, 5.41) is 18.0. The maximum atomic E-state index is 15.9. The predicted octanol–water partition coefficient (Wildman–Crippen LogP) is 2.59. The van der Waals surface area contributed by atoms with Crippen LogP contribution < -0.4 is 15.3 Å². The van der Waals surface area contributed by atoms with Gasteiger partial charge in [0.25, 0.3) is 0 Å². The molecule has 2 atom stereocenters. The minimum absolute atomic E-state index is 0.0539. The van der Waals surface area contributed by atoms with Crippen LogP contribution in [0.25, 0.3) is 28.1 Å². The lowest BCUT2D eigenvalue weighted by Crippen LogP contribution is -2.59. The van der Waals surface area contributed by atoms with Crippen molar-refractivity contribution in [2.45, 2.75) is 51.7 Å². The molecule has 1 amide bonds.